The molecule has 1 aliphatic rings. The number of hydrogen-bond donors (Lipinski definition) is 1. The van der Waals surface area contributed by atoms with Gasteiger partial charge in [-0.1, -0.05) is 6.92 Å². The van der Waals surface area contributed by atoms with Crippen LogP contribution in [0.2, 0.25) is 0 Å². The molecule has 0 unspecified atom stereocenters. The third-order valence-electron chi connectivity index (χ3n) is 3.98. The van der Waals surface area contributed by atoms with Crippen molar-refractivity contribution < 1.29 is 4.79 Å². The predicted octanol–water partition coefficient (Wildman–Crippen LogP) is 2.16. The van der Waals surface area contributed by atoms with Gasteiger partial charge in [-0.05, 0) is 49.1 Å². The Kier molecular flexibility index (Phi) is 3.41. The lowest BCUT2D eigenvalue weighted by Gasteiger charge is -2.29. The van der Waals surface area contributed by atoms with Gasteiger partial charge in [0, 0.05) is 25.0 Å². The van der Waals surface area contributed by atoms with Crippen molar-refractivity contribution in [2.75, 3.05) is 17.2 Å². The Morgan fingerprint density at radius 1 is 1.38 bits per heavy atom. The molecule has 1 aliphatic heterocycles. The molecule has 2 aromatic rings. The van der Waals surface area contributed by atoms with Crippen LogP contribution in [-0.2, 0) is 19.9 Å². The Morgan fingerprint density at radius 3 is 2.90 bits per heavy atom. The molecule has 0 saturated heterocycles. The van der Waals surface area contributed by atoms with Crippen LogP contribution in [0.1, 0.15) is 35.1 Å². The molecule has 1 amide bonds. The molecule has 0 spiro atoms. The van der Waals surface area contributed by atoms with Crippen molar-refractivity contribution in [1.82, 2.24) is 9.78 Å². The average molecular weight is 284 g/mol. The normalized spacial score (nSPS) is 14.1. The van der Waals surface area contributed by atoms with Crippen LogP contribution in [0.25, 0.3) is 0 Å². The van der Waals surface area contributed by atoms with Gasteiger partial charge in [0.1, 0.15) is 5.69 Å². The second-order valence-corrected chi connectivity index (χ2v) is 5.45. The van der Waals surface area contributed by atoms with Crippen molar-refractivity contribution in [1.29, 1.82) is 0 Å². The van der Waals surface area contributed by atoms with Crippen LogP contribution < -0.4 is 10.6 Å². The lowest BCUT2D eigenvalue weighted by Crippen LogP contribution is -2.36. The van der Waals surface area contributed by atoms with Crippen molar-refractivity contribution in [3.63, 3.8) is 0 Å². The summed E-state index contributed by atoms with van der Waals surface area (Å²) < 4.78 is 1.67. The smallest absolute Gasteiger partial charge is 0.276 e. The number of carbonyl (C=O) groups excluding carboxylic acids is 1. The number of anilines is 2. The summed E-state index contributed by atoms with van der Waals surface area (Å²) >= 11 is 0. The fourth-order valence-electron chi connectivity index (χ4n) is 2.87. The first-order valence-electron chi connectivity index (χ1n) is 7.33. The zero-order valence-corrected chi connectivity index (χ0v) is 12.5. The first kappa shape index (κ1) is 13.7. The maximum absolute atomic E-state index is 12.8. The van der Waals surface area contributed by atoms with E-state index in [2.05, 4.69) is 5.10 Å². The Labute approximate surface area is 124 Å². The van der Waals surface area contributed by atoms with Crippen molar-refractivity contribution in [2.45, 2.75) is 26.2 Å². The van der Waals surface area contributed by atoms with Crippen LogP contribution in [0.4, 0.5) is 11.4 Å². The lowest BCUT2D eigenvalue weighted by atomic mass is 10.0. The number of carbonyl (C=O) groups is 1. The molecule has 0 saturated carbocycles. The number of amides is 1. The largest absolute Gasteiger partial charge is 0.399 e. The van der Waals surface area contributed by atoms with Crippen LogP contribution >= 0.6 is 0 Å². The standard InChI is InChI=1S/C16H20N4O/c1-3-13-10-15(19(2)18-13)16(21)20-8-4-5-11-9-12(17)6-7-14(11)20/h6-7,9-10H,3-5,8,17H2,1-2H3. The highest BCUT2D eigenvalue weighted by Gasteiger charge is 2.25. The first-order chi connectivity index (χ1) is 10.1. The molecule has 110 valence electrons. The number of nitrogens with zero attached hydrogens (tertiary/aromatic N) is 3. The van der Waals surface area contributed by atoms with Gasteiger partial charge in [0.2, 0.25) is 0 Å². The van der Waals surface area contributed by atoms with E-state index in [0.717, 1.165) is 48.4 Å². The Bertz CT molecular complexity index is 690. The molecule has 1 aromatic heterocycles. The number of nitrogen functional groups attached to an aromatic ring is 1. The molecule has 2 heterocycles. The van der Waals surface area contributed by atoms with Crippen LogP contribution in [0.15, 0.2) is 24.3 Å². The van der Waals surface area contributed by atoms with Gasteiger partial charge in [-0.3, -0.25) is 9.48 Å². The van der Waals surface area contributed by atoms with E-state index in [1.54, 1.807) is 4.68 Å². The van der Waals surface area contributed by atoms with Gasteiger partial charge in [-0.25, -0.2) is 0 Å². The molecule has 21 heavy (non-hydrogen) atoms. The minimum absolute atomic E-state index is 0.00965. The predicted molar refractivity (Wildman–Crippen MR) is 83.4 cm³/mol. The molecule has 0 atom stereocenters. The molecule has 1 aromatic carbocycles. The number of hydrogen-bond acceptors (Lipinski definition) is 3. The molecule has 0 radical (unpaired) electrons. The van der Waals surface area contributed by atoms with Crippen LogP contribution in [-0.4, -0.2) is 22.2 Å². The maximum Gasteiger partial charge on any atom is 0.276 e. The molecule has 5 heteroatoms. The number of aryl methyl sites for hydroxylation is 3. The second kappa shape index (κ2) is 5.24. The fourth-order valence-corrected chi connectivity index (χ4v) is 2.87. The number of nitrogens with two attached hydrogens (primary N) is 1. The Morgan fingerprint density at radius 2 is 2.19 bits per heavy atom. The van der Waals surface area contributed by atoms with E-state index in [4.69, 9.17) is 5.73 Å². The number of fused-ring (bicyclic) bond motifs is 1. The van der Waals surface area contributed by atoms with Crippen molar-refractivity contribution >= 4 is 17.3 Å². The second-order valence-electron chi connectivity index (χ2n) is 5.45. The average Bonchev–Trinajstić information content (AvgIpc) is 2.86. The van der Waals surface area contributed by atoms with E-state index < -0.39 is 0 Å². The molecule has 2 N–H and O–H groups in total. The number of rotatable bonds is 2. The van der Waals surface area contributed by atoms with Crippen molar-refractivity contribution in [3.8, 4) is 0 Å². The zero-order chi connectivity index (χ0) is 15.0. The molecule has 0 fully saturated rings. The summed E-state index contributed by atoms with van der Waals surface area (Å²) in [6.07, 6.45) is 2.75. The summed E-state index contributed by atoms with van der Waals surface area (Å²) in [7, 11) is 1.82. The summed E-state index contributed by atoms with van der Waals surface area (Å²) in [5, 5.41) is 4.36. The molecular formula is C16H20N4O. The highest BCUT2D eigenvalue weighted by Crippen LogP contribution is 2.30. The minimum Gasteiger partial charge on any atom is -0.399 e. The number of aromatic nitrogens is 2. The third kappa shape index (κ3) is 2.39. The quantitative estimate of drug-likeness (QED) is 0.859. The fraction of sp³-hybridized carbons (Fsp3) is 0.375. The summed E-state index contributed by atoms with van der Waals surface area (Å²) in [4.78, 5) is 14.7. The van der Waals surface area contributed by atoms with E-state index in [9.17, 15) is 4.79 Å². The van der Waals surface area contributed by atoms with Gasteiger partial charge < -0.3 is 10.6 Å². The summed E-state index contributed by atoms with van der Waals surface area (Å²) in [5.41, 5.74) is 10.3. The van der Waals surface area contributed by atoms with Crippen LogP contribution in [0.5, 0.6) is 0 Å². The van der Waals surface area contributed by atoms with E-state index in [-0.39, 0.29) is 5.91 Å². The Hall–Kier alpha value is -2.30. The minimum atomic E-state index is 0.00965. The topological polar surface area (TPSA) is 64.2 Å². The van der Waals surface area contributed by atoms with Crippen molar-refractivity contribution in [3.05, 3.63) is 41.2 Å². The van der Waals surface area contributed by atoms with E-state index >= 15 is 0 Å². The number of benzene rings is 1. The molecule has 0 aliphatic carbocycles. The highest BCUT2D eigenvalue weighted by atomic mass is 16.2. The van der Waals surface area contributed by atoms with Gasteiger partial charge in [-0.2, -0.15) is 5.10 Å². The van der Waals surface area contributed by atoms with Gasteiger partial charge in [0.15, 0.2) is 0 Å². The summed E-state index contributed by atoms with van der Waals surface area (Å²) in [6, 6.07) is 7.65. The van der Waals surface area contributed by atoms with Gasteiger partial charge in [-0.15, -0.1) is 0 Å². The van der Waals surface area contributed by atoms with Crippen molar-refractivity contribution in [2.24, 2.45) is 7.05 Å². The zero-order valence-electron chi connectivity index (χ0n) is 12.5. The first-order valence-corrected chi connectivity index (χ1v) is 7.33. The van der Waals surface area contributed by atoms with E-state index in [1.165, 1.54) is 0 Å². The molecule has 3 rings (SSSR count). The van der Waals surface area contributed by atoms with Crippen LogP contribution in [0.3, 0.4) is 0 Å². The SMILES string of the molecule is CCc1cc(C(=O)N2CCCc3cc(N)ccc32)n(C)n1. The summed E-state index contributed by atoms with van der Waals surface area (Å²) in [6.45, 7) is 2.78. The van der Waals surface area contributed by atoms with E-state index in [0.29, 0.717) is 5.69 Å². The molecular weight excluding hydrogens is 264 g/mol. The monoisotopic (exact) mass is 284 g/mol. The summed E-state index contributed by atoms with van der Waals surface area (Å²) in [5.74, 6) is 0.00965. The highest BCUT2D eigenvalue weighted by molar-refractivity contribution is 6.05. The van der Waals surface area contributed by atoms with Gasteiger partial charge in [0.05, 0.1) is 5.69 Å². The molecule has 0 bridgehead atoms. The maximum atomic E-state index is 12.8. The van der Waals surface area contributed by atoms with Crippen LogP contribution in [0, 0.1) is 0 Å². The lowest BCUT2D eigenvalue weighted by molar-refractivity contribution is 0.0976. The van der Waals surface area contributed by atoms with Gasteiger partial charge in [0.25, 0.3) is 5.91 Å². The van der Waals surface area contributed by atoms with E-state index in [1.807, 2.05) is 43.1 Å². The van der Waals surface area contributed by atoms with Gasteiger partial charge >= 0.3 is 0 Å². The third-order valence-corrected chi connectivity index (χ3v) is 3.98. The Balaban J connectivity index is 1.98. The molecule has 5 nitrogen and oxygen atoms in total.